The predicted molar refractivity (Wildman–Crippen MR) is 123 cm³/mol. The van der Waals surface area contributed by atoms with Crippen LogP contribution in [-0.2, 0) is 11.2 Å². The lowest BCUT2D eigenvalue weighted by atomic mass is 9.91. The molecule has 2 aliphatic carbocycles. The lowest BCUT2D eigenvalue weighted by molar-refractivity contribution is -0.133. The SMILES string of the molecule is CC1(Cc2ccc3ccccc3c2)NC(=O)N(CN(C2CCCC2)C2CCCC2)C1=O. The first-order valence-corrected chi connectivity index (χ1v) is 11.9. The van der Waals surface area contributed by atoms with Crippen LogP contribution in [0.1, 0.15) is 63.9 Å². The fourth-order valence-corrected chi connectivity index (χ4v) is 5.92. The van der Waals surface area contributed by atoms with Crippen LogP contribution in [0.3, 0.4) is 0 Å². The molecule has 5 heteroatoms. The minimum Gasteiger partial charge on any atom is -0.323 e. The van der Waals surface area contributed by atoms with E-state index >= 15 is 0 Å². The largest absolute Gasteiger partial charge is 0.326 e. The summed E-state index contributed by atoms with van der Waals surface area (Å²) in [6.45, 7) is 2.31. The van der Waals surface area contributed by atoms with Gasteiger partial charge in [-0.2, -0.15) is 0 Å². The molecule has 5 nitrogen and oxygen atoms in total. The molecule has 1 atom stereocenters. The summed E-state index contributed by atoms with van der Waals surface area (Å²) in [6.07, 6.45) is 10.3. The van der Waals surface area contributed by atoms with E-state index in [1.807, 2.05) is 19.1 Å². The Balaban J connectivity index is 1.34. The van der Waals surface area contributed by atoms with Crippen molar-refractivity contribution in [2.75, 3.05) is 6.67 Å². The molecule has 1 aliphatic heterocycles. The summed E-state index contributed by atoms with van der Waals surface area (Å²) in [6, 6.07) is 15.3. The fourth-order valence-electron chi connectivity index (χ4n) is 5.92. The Hall–Kier alpha value is -2.40. The third kappa shape index (κ3) is 3.96. The second-order valence-corrected chi connectivity index (χ2v) is 9.89. The van der Waals surface area contributed by atoms with Crippen molar-refractivity contribution < 1.29 is 9.59 Å². The van der Waals surface area contributed by atoms with Gasteiger partial charge in [-0.05, 0) is 48.9 Å². The maximum Gasteiger partial charge on any atom is 0.326 e. The van der Waals surface area contributed by atoms with Crippen LogP contribution in [0.15, 0.2) is 42.5 Å². The molecule has 31 heavy (non-hydrogen) atoms. The summed E-state index contributed by atoms with van der Waals surface area (Å²) < 4.78 is 0. The van der Waals surface area contributed by atoms with Gasteiger partial charge >= 0.3 is 6.03 Å². The summed E-state index contributed by atoms with van der Waals surface area (Å²) in [5, 5.41) is 5.37. The Morgan fingerprint density at radius 1 is 0.935 bits per heavy atom. The number of amides is 3. The molecule has 0 radical (unpaired) electrons. The molecule has 5 rings (SSSR count). The maximum absolute atomic E-state index is 13.5. The van der Waals surface area contributed by atoms with Gasteiger partial charge in [-0.1, -0.05) is 68.1 Å². The number of carbonyl (C=O) groups is 2. The van der Waals surface area contributed by atoms with Crippen LogP contribution in [0.2, 0.25) is 0 Å². The van der Waals surface area contributed by atoms with Gasteiger partial charge in [0.25, 0.3) is 5.91 Å². The second kappa shape index (κ2) is 8.27. The van der Waals surface area contributed by atoms with E-state index in [9.17, 15) is 9.59 Å². The monoisotopic (exact) mass is 419 g/mol. The Morgan fingerprint density at radius 3 is 2.19 bits per heavy atom. The van der Waals surface area contributed by atoms with E-state index in [1.54, 1.807) is 0 Å². The van der Waals surface area contributed by atoms with Crippen LogP contribution in [-0.4, -0.2) is 46.0 Å². The number of nitrogens with zero attached hydrogens (tertiary/aromatic N) is 2. The number of fused-ring (bicyclic) bond motifs is 1. The summed E-state index contributed by atoms with van der Waals surface area (Å²) in [5.41, 5.74) is 0.177. The van der Waals surface area contributed by atoms with Gasteiger partial charge in [0.15, 0.2) is 0 Å². The highest BCUT2D eigenvalue weighted by molar-refractivity contribution is 6.07. The highest BCUT2D eigenvalue weighted by Crippen LogP contribution is 2.33. The lowest BCUT2D eigenvalue weighted by Crippen LogP contribution is -2.51. The van der Waals surface area contributed by atoms with Crippen molar-refractivity contribution in [3.05, 3.63) is 48.0 Å². The molecule has 0 bridgehead atoms. The summed E-state index contributed by atoms with van der Waals surface area (Å²) >= 11 is 0. The molecule has 1 N–H and O–H groups in total. The average molecular weight is 420 g/mol. The number of carbonyl (C=O) groups excluding carboxylic acids is 2. The number of imide groups is 1. The average Bonchev–Trinajstić information content (AvgIpc) is 3.51. The third-order valence-electron chi connectivity index (χ3n) is 7.61. The van der Waals surface area contributed by atoms with Gasteiger partial charge in [-0.25, -0.2) is 9.69 Å². The molecular formula is C26H33N3O2. The van der Waals surface area contributed by atoms with Crippen molar-refractivity contribution in [1.82, 2.24) is 15.1 Å². The van der Waals surface area contributed by atoms with Crippen molar-refractivity contribution in [3.8, 4) is 0 Å². The van der Waals surface area contributed by atoms with Gasteiger partial charge in [0.2, 0.25) is 0 Å². The van der Waals surface area contributed by atoms with Crippen molar-refractivity contribution in [2.45, 2.75) is 82.3 Å². The molecule has 164 valence electrons. The molecule has 3 fully saturated rings. The van der Waals surface area contributed by atoms with Gasteiger partial charge in [0, 0.05) is 18.5 Å². The number of hydrogen-bond donors (Lipinski definition) is 1. The van der Waals surface area contributed by atoms with Gasteiger partial charge in [0.1, 0.15) is 5.54 Å². The number of hydrogen-bond acceptors (Lipinski definition) is 3. The van der Waals surface area contributed by atoms with Gasteiger partial charge in [-0.3, -0.25) is 9.69 Å². The fraction of sp³-hybridized carbons (Fsp3) is 0.538. The molecule has 3 aliphatic rings. The molecule has 1 unspecified atom stereocenters. The van der Waals surface area contributed by atoms with E-state index in [4.69, 9.17) is 0 Å². The molecule has 0 spiro atoms. The van der Waals surface area contributed by atoms with Gasteiger partial charge in [0.05, 0.1) is 6.67 Å². The summed E-state index contributed by atoms with van der Waals surface area (Å²) in [7, 11) is 0. The van der Waals surface area contributed by atoms with E-state index in [1.165, 1.54) is 61.7 Å². The minimum absolute atomic E-state index is 0.0911. The van der Waals surface area contributed by atoms with Crippen LogP contribution in [0.4, 0.5) is 4.79 Å². The van der Waals surface area contributed by atoms with Crippen LogP contribution >= 0.6 is 0 Å². The molecular weight excluding hydrogens is 386 g/mol. The molecule has 2 saturated carbocycles. The van der Waals surface area contributed by atoms with E-state index in [2.05, 4.69) is 40.5 Å². The van der Waals surface area contributed by atoms with Crippen molar-refractivity contribution in [1.29, 1.82) is 0 Å². The zero-order valence-electron chi connectivity index (χ0n) is 18.5. The highest BCUT2D eigenvalue weighted by atomic mass is 16.2. The van der Waals surface area contributed by atoms with Crippen LogP contribution in [0.5, 0.6) is 0 Å². The summed E-state index contributed by atoms with van der Waals surface area (Å²) in [4.78, 5) is 30.4. The van der Waals surface area contributed by atoms with Crippen LogP contribution < -0.4 is 5.32 Å². The zero-order chi connectivity index (χ0) is 21.4. The Bertz CT molecular complexity index is 962. The smallest absolute Gasteiger partial charge is 0.323 e. The predicted octanol–water partition coefficient (Wildman–Crippen LogP) is 4.84. The number of nitrogens with one attached hydrogen (secondary N) is 1. The molecule has 2 aromatic rings. The van der Waals surface area contributed by atoms with Gasteiger partial charge in [-0.15, -0.1) is 0 Å². The molecule has 3 amide bonds. The van der Waals surface area contributed by atoms with E-state index < -0.39 is 5.54 Å². The van der Waals surface area contributed by atoms with Crippen molar-refractivity contribution in [3.63, 3.8) is 0 Å². The molecule has 1 saturated heterocycles. The van der Waals surface area contributed by atoms with Crippen LogP contribution in [0.25, 0.3) is 10.8 Å². The van der Waals surface area contributed by atoms with Crippen molar-refractivity contribution in [2.24, 2.45) is 0 Å². The topological polar surface area (TPSA) is 52.7 Å². The Labute approximate surface area is 184 Å². The first-order valence-electron chi connectivity index (χ1n) is 11.9. The van der Waals surface area contributed by atoms with Gasteiger partial charge < -0.3 is 5.32 Å². The zero-order valence-corrected chi connectivity index (χ0v) is 18.5. The Kier molecular flexibility index (Phi) is 5.47. The first-order chi connectivity index (χ1) is 15.0. The number of urea groups is 1. The third-order valence-corrected chi connectivity index (χ3v) is 7.61. The molecule has 0 aromatic heterocycles. The number of rotatable bonds is 6. The second-order valence-electron chi connectivity index (χ2n) is 9.89. The van der Waals surface area contributed by atoms with E-state index in [-0.39, 0.29) is 11.9 Å². The normalized spacial score (nSPS) is 25.3. The Morgan fingerprint density at radius 2 is 1.55 bits per heavy atom. The van der Waals surface area contributed by atoms with E-state index in [0.717, 1.165) is 10.9 Å². The first kappa shape index (κ1) is 20.5. The number of benzene rings is 2. The lowest BCUT2D eigenvalue weighted by Gasteiger charge is -2.36. The standard InChI is InChI=1S/C26H33N3O2/c1-26(17-19-14-15-20-8-2-3-9-21(20)16-19)24(30)29(25(31)27-26)18-28(22-10-4-5-11-22)23-12-6-7-13-23/h2-3,8-9,14-16,22-23H,4-7,10-13,17-18H2,1H3,(H,27,31). The minimum atomic E-state index is -0.892. The van der Waals surface area contributed by atoms with Crippen molar-refractivity contribution >= 4 is 22.7 Å². The van der Waals surface area contributed by atoms with E-state index in [0.29, 0.717) is 25.2 Å². The maximum atomic E-state index is 13.5. The quantitative estimate of drug-likeness (QED) is 0.682. The van der Waals surface area contributed by atoms with Crippen LogP contribution in [0, 0.1) is 0 Å². The molecule has 1 heterocycles. The molecule has 2 aromatic carbocycles. The highest BCUT2D eigenvalue weighted by Gasteiger charge is 2.49. The summed E-state index contributed by atoms with van der Waals surface area (Å²) in [5.74, 6) is -0.0911.